The number of benzene rings is 4. The van der Waals surface area contributed by atoms with Gasteiger partial charge in [0.15, 0.2) is 0 Å². The van der Waals surface area contributed by atoms with Gasteiger partial charge in [-0.25, -0.2) is 0 Å². The minimum absolute atomic E-state index is 0.713. The zero-order valence-corrected chi connectivity index (χ0v) is 19.4. The first-order valence-electron chi connectivity index (χ1n) is 11.0. The van der Waals surface area contributed by atoms with Crippen LogP contribution in [-0.4, -0.2) is 17.7 Å². The number of hydrogen-bond donors (Lipinski definition) is 1. The molecule has 0 aliphatic carbocycles. The van der Waals surface area contributed by atoms with E-state index >= 15 is 0 Å². The van der Waals surface area contributed by atoms with Crippen LogP contribution in [0.2, 0.25) is 0 Å². The SMILES string of the molecule is C=C/C=C/O.O=C/C=C/c1ccc(-c2ccccc2)cc1.O=Cc1ccc(-c2ccccc2)cc1. The van der Waals surface area contributed by atoms with E-state index in [4.69, 9.17) is 5.11 Å². The molecule has 4 rings (SSSR count). The predicted molar refractivity (Wildman–Crippen MR) is 146 cm³/mol. The van der Waals surface area contributed by atoms with Gasteiger partial charge in [-0.3, -0.25) is 9.59 Å². The largest absolute Gasteiger partial charge is 0.516 e. The number of aliphatic hydroxyl groups excluding tert-OH is 1. The van der Waals surface area contributed by atoms with Gasteiger partial charge in [0.2, 0.25) is 0 Å². The highest BCUT2D eigenvalue weighted by molar-refractivity contribution is 5.77. The number of hydrogen-bond acceptors (Lipinski definition) is 3. The zero-order valence-electron chi connectivity index (χ0n) is 19.4. The van der Waals surface area contributed by atoms with Crippen LogP contribution in [0.1, 0.15) is 15.9 Å². The van der Waals surface area contributed by atoms with E-state index in [9.17, 15) is 9.59 Å². The molecule has 0 atom stereocenters. The van der Waals surface area contributed by atoms with E-state index in [0.29, 0.717) is 5.56 Å². The lowest BCUT2D eigenvalue weighted by Crippen LogP contribution is -1.80. The molecule has 35 heavy (non-hydrogen) atoms. The predicted octanol–water partition coefficient (Wildman–Crippen LogP) is 7.98. The van der Waals surface area contributed by atoms with E-state index < -0.39 is 0 Å². The van der Waals surface area contributed by atoms with Crippen molar-refractivity contribution in [1.82, 2.24) is 0 Å². The molecule has 0 aliphatic rings. The van der Waals surface area contributed by atoms with Gasteiger partial charge in [-0.05, 0) is 40.0 Å². The summed E-state index contributed by atoms with van der Waals surface area (Å²) in [6.07, 6.45) is 8.81. The summed E-state index contributed by atoms with van der Waals surface area (Å²) in [5.74, 6) is 0. The van der Waals surface area contributed by atoms with Crippen LogP contribution in [-0.2, 0) is 4.79 Å². The van der Waals surface area contributed by atoms with Crippen molar-refractivity contribution in [3.05, 3.63) is 151 Å². The van der Waals surface area contributed by atoms with Crippen LogP contribution >= 0.6 is 0 Å². The van der Waals surface area contributed by atoms with Gasteiger partial charge >= 0.3 is 0 Å². The van der Waals surface area contributed by atoms with Crippen molar-refractivity contribution < 1.29 is 14.7 Å². The van der Waals surface area contributed by atoms with Crippen LogP contribution in [0.5, 0.6) is 0 Å². The molecule has 4 aromatic rings. The normalized spacial score (nSPS) is 9.94. The summed E-state index contributed by atoms with van der Waals surface area (Å²) in [6.45, 7) is 3.30. The van der Waals surface area contributed by atoms with Gasteiger partial charge in [0.25, 0.3) is 0 Å². The van der Waals surface area contributed by atoms with Gasteiger partial charge in [0, 0.05) is 5.56 Å². The van der Waals surface area contributed by atoms with Crippen LogP contribution < -0.4 is 0 Å². The van der Waals surface area contributed by atoms with Crippen molar-refractivity contribution >= 4 is 18.6 Å². The lowest BCUT2D eigenvalue weighted by molar-refractivity contribution is -0.104. The molecule has 0 saturated carbocycles. The summed E-state index contributed by atoms with van der Waals surface area (Å²) in [4.78, 5) is 20.6. The second kappa shape index (κ2) is 15.9. The maximum Gasteiger partial charge on any atom is 0.150 e. The third-order valence-corrected chi connectivity index (χ3v) is 4.76. The second-order valence-electron chi connectivity index (χ2n) is 7.17. The summed E-state index contributed by atoms with van der Waals surface area (Å²) in [6, 6.07) is 36.0. The number of carbonyl (C=O) groups is 2. The fourth-order valence-electron chi connectivity index (χ4n) is 3.01. The molecule has 0 aromatic heterocycles. The summed E-state index contributed by atoms with van der Waals surface area (Å²) in [5, 5.41) is 7.81. The summed E-state index contributed by atoms with van der Waals surface area (Å²) in [5.41, 5.74) is 6.44. The highest BCUT2D eigenvalue weighted by Crippen LogP contribution is 2.20. The van der Waals surface area contributed by atoms with E-state index in [-0.39, 0.29) is 0 Å². The Morgan fingerprint density at radius 3 is 1.31 bits per heavy atom. The molecule has 1 N–H and O–H groups in total. The number of aliphatic hydroxyl groups is 1. The molecule has 0 heterocycles. The van der Waals surface area contributed by atoms with E-state index in [0.717, 1.165) is 30.0 Å². The average molecular weight is 461 g/mol. The number of allylic oxidation sites excluding steroid dienone is 3. The molecule has 174 valence electrons. The molecule has 0 radical (unpaired) electrons. The van der Waals surface area contributed by atoms with Crippen LogP contribution in [0.4, 0.5) is 0 Å². The number of rotatable bonds is 6. The monoisotopic (exact) mass is 460 g/mol. The van der Waals surface area contributed by atoms with Crippen molar-refractivity contribution in [2.45, 2.75) is 0 Å². The Bertz CT molecular complexity index is 1210. The van der Waals surface area contributed by atoms with Gasteiger partial charge in [0.1, 0.15) is 12.6 Å². The summed E-state index contributed by atoms with van der Waals surface area (Å²) in [7, 11) is 0. The first-order chi connectivity index (χ1) is 17.2. The zero-order chi connectivity index (χ0) is 25.1. The minimum atomic E-state index is 0.713. The van der Waals surface area contributed by atoms with Crippen molar-refractivity contribution in [2.75, 3.05) is 0 Å². The highest BCUT2D eigenvalue weighted by Gasteiger charge is 1.96. The molecule has 0 bridgehead atoms. The molecule has 3 heteroatoms. The summed E-state index contributed by atoms with van der Waals surface area (Å²) >= 11 is 0. The first-order valence-corrected chi connectivity index (χ1v) is 11.0. The summed E-state index contributed by atoms with van der Waals surface area (Å²) < 4.78 is 0. The molecule has 0 spiro atoms. The number of aldehydes is 2. The maximum atomic E-state index is 10.5. The van der Waals surface area contributed by atoms with E-state index in [2.05, 4.69) is 43.0 Å². The smallest absolute Gasteiger partial charge is 0.150 e. The molecule has 0 fully saturated rings. The lowest BCUT2D eigenvalue weighted by Gasteiger charge is -2.01. The third kappa shape index (κ3) is 9.72. The van der Waals surface area contributed by atoms with Gasteiger partial charge in [-0.15, -0.1) is 0 Å². The van der Waals surface area contributed by atoms with Crippen molar-refractivity contribution in [2.24, 2.45) is 0 Å². The molecular weight excluding hydrogens is 432 g/mol. The van der Waals surface area contributed by atoms with Gasteiger partial charge in [-0.1, -0.05) is 128 Å². The topological polar surface area (TPSA) is 54.4 Å². The highest BCUT2D eigenvalue weighted by atomic mass is 16.2. The van der Waals surface area contributed by atoms with Gasteiger partial charge in [0.05, 0.1) is 6.26 Å². The molecule has 0 amide bonds. The second-order valence-corrected chi connectivity index (χ2v) is 7.17. The fourth-order valence-corrected chi connectivity index (χ4v) is 3.01. The van der Waals surface area contributed by atoms with Crippen LogP contribution in [0.25, 0.3) is 28.3 Å². The van der Waals surface area contributed by atoms with E-state index in [1.165, 1.54) is 34.9 Å². The molecule has 0 saturated heterocycles. The number of carbonyl (C=O) groups excluding carboxylic acids is 2. The average Bonchev–Trinajstić information content (AvgIpc) is 2.94. The molecular formula is C32H28O3. The standard InChI is InChI=1S/C15H12O.C13H10O.C4H6O/c16-12-4-5-13-8-10-15(11-9-13)14-6-2-1-3-7-14;14-10-11-6-8-13(9-7-11)12-4-2-1-3-5-12;1-2-3-4-5/h1-12H;1-10H;2-5H,1H2/b5-4+;;4-3+. The Morgan fingerprint density at radius 2 is 0.971 bits per heavy atom. The minimum Gasteiger partial charge on any atom is -0.516 e. The quantitative estimate of drug-likeness (QED) is 0.137. The van der Waals surface area contributed by atoms with Crippen molar-refractivity contribution in [3.63, 3.8) is 0 Å². The first kappa shape index (κ1) is 26.5. The third-order valence-electron chi connectivity index (χ3n) is 4.76. The van der Waals surface area contributed by atoms with E-state index in [1.54, 1.807) is 6.08 Å². The van der Waals surface area contributed by atoms with Gasteiger partial charge in [-0.2, -0.15) is 0 Å². The van der Waals surface area contributed by atoms with Crippen LogP contribution in [0.3, 0.4) is 0 Å². The Kier molecular flexibility index (Phi) is 12.1. The molecule has 0 unspecified atom stereocenters. The fraction of sp³-hybridized carbons (Fsp3) is 0. The van der Waals surface area contributed by atoms with Crippen molar-refractivity contribution in [1.29, 1.82) is 0 Å². The molecule has 0 aliphatic heterocycles. The Morgan fingerprint density at radius 1 is 0.543 bits per heavy atom. The Balaban J connectivity index is 0.000000209. The molecule has 4 aromatic carbocycles. The lowest BCUT2D eigenvalue weighted by atomic mass is 10.0. The van der Waals surface area contributed by atoms with Crippen LogP contribution in [0, 0.1) is 0 Å². The maximum absolute atomic E-state index is 10.5. The van der Waals surface area contributed by atoms with Crippen molar-refractivity contribution in [3.8, 4) is 22.3 Å². The van der Waals surface area contributed by atoms with Crippen LogP contribution in [0.15, 0.2) is 140 Å². The molecule has 3 nitrogen and oxygen atoms in total. The Labute approximate surface area is 207 Å². The van der Waals surface area contributed by atoms with E-state index in [1.807, 2.05) is 72.8 Å². The van der Waals surface area contributed by atoms with Gasteiger partial charge < -0.3 is 5.11 Å². The Hall–Kier alpha value is -4.76.